The van der Waals surface area contributed by atoms with Crippen LogP contribution >= 0.6 is 11.8 Å². The van der Waals surface area contributed by atoms with Gasteiger partial charge in [-0.1, -0.05) is 26.2 Å². The van der Waals surface area contributed by atoms with Crippen molar-refractivity contribution in [2.24, 2.45) is 5.92 Å². The number of amides is 1. The number of hydrogen-bond donors (Lipinski definition) is 2. The molecule has 2 unspecified atom stereocenters. The molecular formula is C14H27NO2S. The molecule has 3 nitrogen and oxygen atoms in total. The van der Waals surface area contributed by atoms with Crippen molar-refractivity contribution in [2.75, 3.05) is 12.9 Å². The van der Waals surface area contributed by atoms with Crippen molar-refractivity contribution in [3.8, 4) is 0 Å². The zero-order valence-corrected chi connectivity index (χ0v) is 12.5. The second kappa shape index (κ2) is 8.81. The van der Waals surface area contributed by atoms with Crippen LogP contribution in [0.4, 0.5) is 0 Å². The predicted molar refractivity (Wildman–Crippen MR) is 77.8 cm³/mol. The first-order valence-corrected chi connectivity index (χ1v) is 8.39. The third-order valence-electron chi connectivity index (χ3n) is 3.88. The third kappa shape index (κ3) is 5.61. The smallest absolute Gasteiger partial charge is 0.221 e. The van der Waals surface area contributed by atoms with Gasteiger partial charge in [0, 0.05) is 24.3 Å². The van der Waals surface area contributed by atoms with Crippen LogP contribution in [0.2, 0.25) is 0 Å². The Balaban J connectivity index is 2.43. The van der Waals surface area contributed by atoms with Crippen molar-refractivity contribution >= 4 is 17.7 Å². The quantitative estimate of drug-likeness (QED) is 0.749. The highest BCUT2D eigenvalue weighted by atomic mass is 32.2. The Morgan fingerprint density at radius 1 is 1.39 bits per heavy atom. The van der Waals surface area contributed by atoms with Gasteiger partial charge in [-0.15, -0.1) is 0 Å². The van der Waals surface area contributed by atoms with E-state index in [4.69, 9.17) is 5.11 Å². The minimum absolute atomic E-state index is 0.140. The molecule has 0 aromatic carbocycles. The topological polar surface area (TPSA) is 49.3 Å². The van der Waals surface area contributed by atoms with Gasteiger partial charge in [0.05, 0.1) is 0 Å². The average molecular weight is 273 g/mol. The lowest BCUT2D eigenvalue weighted by molar-refractivity contribution is -0.122. The van der Waals surface area contributed by atoms with Crippen LogP contribution in [-0.4, -0.2) is 35.2 Å². The van der Waals surface area contributed by atoms with Crippen LogP contribution in [-0.2, 0) is 4.79 Å². The number of nitrogens with one attached hydrogen (secondary N) is 1. The van der Waals surface area contributed by atoms with Crippen molar-refractivity contribution in [1.82, 2.24) is 5.32 Å². The monoisotopic (exact) mass is 273 g/mol. The number of aliphatic hydroxyl groups excluding tert-OH is 1. The van der Waals surface area contributed by atoms with Gasteiger partial charge < -0.3 is 10.4 Å². The fourth-order valence-electron chi connectivity index (χ4n) is 2.71. The SMILES string of the molecule is CSC(C)CC(=O)NC(CCO)C1CCCCC1. The molecule has 0 aliphatic heterocycles. The number of thioether (sulfide) groups is 1. The summed E-state index contributed by atoms with van der Waals surface area (Å²) in [7, 11) is 0. The van der Waals surface area contributed by atoms with Gasteiger partial charge >= 0.3 is 0 Å². The second-order valence-electron chi connectivity index (χ2n) is 5.33. The molecule has 2 N–H and O–H groups in total. The van der Waals surface area contributed by atoms with Crippen LogP contribution in [0.15, 0.2) is 0 Å². The van der Waals surface area contributed by atoms with Gasteiger partial charge in [-0.2, -0.15) is 11.8 Å². The first kappa shape index (κ1) is 15.8. The number of aliphatic hydroxyl groups is 1. The summed E-state index contributed by atoms with van der Waals surface area (Å²) in [5.74, 6) is 0.709. The van der Waals surface area contributed by atoms with E-state index in [1.54, 1.807) is 11.8 Å². The fourth-order valence-corrected chi connectivity index (χ4v) is 3.03. The van der Waals surface area contributed by atoms with Crippen LogP contribution in [0.25, 0.3) is 0 Å². The summed E-state index contributed by atoms with van der Waals surface area (Å²) >= 11 is 1.72. The summed E-state index contributed by atoms with van der Waals surface area (Å²) in [5.41, 5.74) is 0. The lowest BCUT2D eigenvalue weighted by Gasteiger charge is -2.31. The van der Waals surface area contributed by atoms with Crippen molar-refractivity contribution < 1.29 is 9.90 Å². The van der Waals surface area contributed by atoms with Gasteiger partial charge in [0.25, 0.3) is 0 Å². The summed E-state index contributed by atoms with van der Waals surface area (Å²) < 4.78 is 0. The average Bonchev–Trinajstić information content (AvgIpc) is 2.39. The van der Waals surface area contributed by atoms with E-state index in [2.05, 4.69) is 12.2 Å². The normalized spacial score (nSPS) is 20.4. The minimum Gasteiger partial charge on any atom is -0.396 e. The summed E-state index contributed by atoms with van der Waals surface area (Å²) in [6.07, 6.45) is 9.56. The Morgan fingerprint density at radius 2 is 2.06 bits per heavy atom. The maximum atomic E-state index is 11.9. The molecule has 1 aliphatic carbocycles. The summed E-state index contributed by atoms with van der Waals surface area (Å²) in [5, 5.41) is 12.7. The van der Waals surface area contributed by atoms with E-state index in [0.717, 1.165) is 0 Å². The Kier molecular flexibility index (Phi) is 7.75. The van der Waals surface area contributed by atoms with Crippen LogP contribution in [0.3, 0.4) is 0 Å². The van der Waals surface area contributed by atoms with E-state index in [0.29, 0.717) is 24.0 Å². The number of rotatable bonds is 7. The standard InChI is InChI=1S/C14H27NO2S/c1-11(18-2)10-14(17)15-13(8-9-16)12-6-4-3-5-7-12/h11-13,16H,3-10H2,1-2H3,(H,15,17). The molecule has 0 aromatic rings. The molecule has 0 saturated heterocycles. The van der Waals surface area contributed by atoms with E-state index in [1.165, 1.54) is 32.1 Å². The van der Waals surface area contributed by atoms with E-state index in [9.17, 15) is 4.79 Å². The molecule has 18 heavy (non-hydrogen) atoms. The Hall–Kier alpha value is -0.220. The van der Waals surface area contributed by atoms with Crippen molar-refractivity contribution in [1.29, 1.82) is 0 Å². The largest absolute Gasteiger partial charge is 0.396 e. The number of carbonyl (C=O) groups is 1. The fraction of sp³-hybridized carbons (Fsp3) is 0.929. The lowest BCUT2D eigenvalue weighted by atomic mass is 9.82. The number of carbonyl (C=O) groups excluding carboxylic acids is 1. The first-order valence-electron chi connectivity index (χ1n) is 7.10. The molecular weight excluding hydrogens is 246 g/mol. The Bertz CT molecular complexity index is 242. The Labute approximate surface area is 115 Å². The molecule has 0 radical (unpaired) electrons. The van der Waals surface area contributed by atoms with Crippen LogP contribution in [0.5, 0.6) is 0 Å². The summed E-state index contributed by atoms with van der Waals surface area (Å²) in [6, 6.07) is 0.178. The van der Waals surface area contributed by atoms with Gasteiger partial charge in [0.15, 0.2) is 0 Å². The Morgan fingerprint density at radius 3 is 2.61 bits per heavy atom. The van der Waals surface area contributed by atoms with Gasteiger partial charge in [-0.25, -0.2) is 0 Å². The molecule has 1 saturated carbocycles. The predicted octanol–water partition coefficient (Wildman–Crippen LogP) is 2.58. The zero-order valence-electron chi connectivity index (χ0n) is 11.7. The van der Waals surface area contributed by atoms with Gasteiger partial charge in [0.2, 0.25) is 5.91 Å². The van der Waals surface area contributed by atoms with Crippen molar-refractivity contribution in [3.05, 3.63) is 0 Å². The first-order chi connectivity index (χ1) is 8.67. The van der Waals surface area contributed by atoms with Crippen LogP contribution in [0, 0.1) is 5.92 Å². The van der Waals surface area contributed by atoms with Crippen molar-refractivity contribution in [3.63, 3.8) is 0 Å². The van der Waals surface area contributed by atoms with E-state index in [-0.39, 0.29) is 18.6 Å². The highest BCUT2D eigenvalue weighted by molar-refractivity contribution is 7.99. The summed E-state index contributed by atoms with van der Waals surface area (Å²) in [4.78, 5) is 11.9. The van der Waals surface area contributed by atoms with E-state index < -0.39 is 0 Å². The molecule has 0 aromatic heterocycles. The highest BCUT2D eigenvalue weighted by Crippen LogP contribution is 2.27. The van der Waals surface area contributed by atoms with E-state index in [1.807, 2.05) is 6.26 Å². The molecule has 1 aliphatic rings. The molecule has 1 rings (SSSR count). The molecule has 106 valence electrons. The molecule has 0 spiro atoms. The number of hydrogen-bond acceptors (Lipinski definition) is 3. The lowest BCUT2D eigenvalue weighted by Crippen LogP contribution is -2.42. The van der Waals surface area contributed by atoms with Gasteiger partial charge in [-0.05, 0) is 31.4 Å². The van der Waals surface area contributed by atoms with Gasteiger partial charge in [0.1, 0.15) is 0 Å². The zero-order chi connectivity index (χ0) is 13.4. The molecule has 4 heteroatoms. The molecule has 1 fully saturated rings. The maximum Gasteiger partial charge on any atom is 0.221 e. The second-order valence-corrected chi connectivity index (χ2v) is 6.61. The molecule has 0 bridgehead atoms. The van der Waals surface area contributed by atoms with Crippen LogP contribution < -0.4 is 5.32 Å². The van der Waals surface area contributed by atoms with Gasteiger partial charge in [-0.3, -0.25) is 4.79 Å². The maximum absolute atomic E-state index is 11.9. The minimum atomic E-state index is 0.140. The molecule has 2 atom stereocenters. The van der Waals surface area contributed by atoms with Crippen LogP contribution in [0.1, 0.15) is 51.9 Å². The van der Waals surface area contributed by atoms with E-state index >= 15 is 0 Å². The molecule has 0 heterocycles. The molecule has 1 amide bonds. The summed E-state index contributed by atoms with van der Waals surface area (Å²) in [6.45, 7) is 2.24. The highest BCUT2D eigenvalue weighted by Gasteiger charge is 2.24. The van der Waals surface area contributed by atoms with Crippen molar-refractivity contribution in [2.45, 2.75) is 63.2 Å². The third-order valence-corrected chi connectivity index (χ3v) is 4.85.